The molecule has 1 fully saturated rings. The number of thioether (sulfide) groups is 1. The first-order valence-corrected chi connectivity index (χ1v) is 14.5. The third kappa shape index (κ3) is 5.68. The van der Waals surface area contributed by atoms with E-state index in [-0.39, 0.29) is 5.97 Å². The SMILES string of the molecule is CCSCCOC(=O)C1(c2cc(-c3sc(N=C(c4ccccc4)c4ccccc4)nc3C)ccn2)CC1. The Morgan fingerprint density at radius 1 is 1.05 bits per heavy atom. The van der Waals surface area contributed by atoms with Crippen molar-refractivity contribution < 1.29 is 9.53 Å². The summed E-state index contributed by atoms with van der Waals surface area (Å²) >= 11 is 3.33. The molecular weight excluding hydrogens is 498 g/mol. The second-order valence-electron chi connectivity index (χ2n) is 8.95. The summed E-state index contributed by atoms with van der Waals surface area (Å²) in [5.41, 5.74) is 5.05. The molecule has 1 aliphatic rings. The number of hydrogen-bond donors (Lipinski definition) is 0. The third-order valence-electron chi connectivity index (χ3n) is 6.41. The lowest BCUT2D eigenvalue weighted by atomic mass is 10.00. The zero-order chi connectivity index (χ0) is 25.7. The number of benzene rings is 2. The number of carbonyl (C=O) groups excluding carboxylic acids is 1. The maximum Gasteiger partial charge on any atom is 0.318 e. The molecule has 37 heavy (non-hydrogen) atoms. The number of esters is 1. The van der Waals surface area contributed by atoms with E-state index in [2.05, 4.69) is 36.2 Å². The van der Waals surface area contributed by atoms with Crippen LogP contribution in [0.15, 0.2) is 84.0 Å². The number of hydrogen-bond acceptors (Lipinski definition) is 7. The second-order valence-corrected chi connectivity index (χ2v) is 11.3. The van der Waals surface area contributed by atoms with Gasteiger partial charge in [0.25, 0.3) is 0 Å². The molecule has 0 atom stereocenters. The van der Waals surface area contributed by atoms with E-state index in [0.717, 1.165) is 63.0 Å². The molecule has 5 rings (SSSR count). The Bertz CT molecular complexity index is 1360. The van der Waals surface area contributed by atoms with E-state index in [1.165, 1.54) is 0 Å². The van der Waals surface area contributed by atoms with Gasteiger partial charge in [-0.15, -0.1) is 0 Å². The molecule has 0 amide bonds. The Morgan fingerprint density at radius 3 is 2.35 bits per heavy atom. The van der Waals surface area contributed by atoms with E-state index < -0.39 is 5.41 Å². The van der Waals surface area contributed by atoms with Crippen molar-refractivity contribution >= 4 is 39.9 Å². The van der Waals surface area contributed by atoms with Crippen LogP contribution in [0.25, 0.3) is 10.4 Å². The Balaban J connectivity index is 1.44. The Kier molecular flexibility index (Phi) is 7.82. The van der Waals surface area contributed by atoms with Crippen LogP contribution in [0.4, 0.5) is 5.13 Å². The summed E-state index contributed by atoms with van der Waals surface area (Å²) in [5, 5.41) is 0.697. The smallest absolute Gasteiger partial charge is 0.318 e. The molecule has 0 unspecified atom stereocenters. The van der Waals surface area contributed by atoms with Crippen LogP contribution in [-0.4, -0.2) is 39.8 Å². The van der Waals surface area contributed by atoms with E-state index in [4.69, 9.17) is 14.7 Å². The minimum Gasteiger partial charge on any atom is -0.464 e. The van der Waals surface area contributed by atoms with Gasteiger partial charge in [-0.05, 0) is 43.2 Å². The standard InChI is InChI=1S/C30H29N3O2S2/c1-3-36-19-18-35-28(34)30(15-16-30)25-20-24(14-17-31-25)27-21(2)32-29(37-27)33-26(22-10-6-4-7-11-22)23-12-8-5-9-13-23/h4-14,17,20H,3,15-16,18-19H2,1-2H3. The first kappa shape index (κ1) is 25.4. The number of ether oxygens (including phenoxy) is 1. The van der Waals surface area contributed by atoms with Crippen molar-refractivity contribution in [3.8, 4) is 10.4 Å². The van der Waals surface area contributed by atoms with E-state index in [0.29, 0.717) is 11.7 Å². The first-order valence-electron chi connectivity index (χ1n) is 12.5. The molecule has 1 aliphatic carbocycles. The summed E-state index contributed by atoms with van der Waals surface area (Å²) in [4.78, 5) is 28.3. The molecule has 4 aromatic rings. The van der Waals surface area contributed by atoms with Crippen molar-refractivity contribution in [1.82, 2.24) is 9.97 Å². The summed E-state index contributed by atoms with van der Waals surface area (Å²) in [6, 6.07) is 24.4. The Hall–Kier alpha value is -3.29. The number of aliphatic imine (C=N–C) groups is 1. The molecule has 0 spiro atoms. The van der Waals surface area contributed by atoms with Crippen molar-refractivity contribution in [2.45, 2.75) is 32.1 Å². The minimum atomic E-state index is -0.611. The molecule has 5 nitrogen and oxygen atoms in total. The van der Waals surface area contributed by atoms with Crippen LogP contribution >= 0.6 is 23.1 Å². The van der Waals surface area contributed by atoms with Crippen LogP contribution < -0.4 is 0 Å². The lowest BCUT2D eigenvalue weighted by Crippen LogP contribution is -2.25. The van der Waals surface area contributed by atoms with Gasteiger partial charge >= 0.3 is 5.97 Å². The van der Waals surface area contributed by atoms with Crippen LogP contribution in [-0.2, 0) is 14.9 Å². The molecule has 2 aromatic carbocycles. The highest BCUT2D eigenvalue weighted by Gasteiger charge is 2.54. The van der Waals surface area contributed by atoms with Gasteiger partial charge < -0.3 is 4.74 Å². The third-order valence-corrected chi connectivity index (χ3v) is 8.37. The van der Waals surface area contributed by atoms with Gasteiger partial charge in [-0.1, -0.05) is 78.9 Å². The van der Waals surface area contributed by atoms with E-state index in [1.54, 1.807) is 29.3 Å². The molecule has 1 saturated carbocycles. The summed E-state index contributed by atoms with van der Waals surface area (Å²) in [6.45, 7) is 4.55. The fourth-order valence-electron chi connectivity index (χ4n) is 4.28. The van der Waals surface area contributed by atoms with Gasteiger partial charge in [0.15, 0.2) is 0 Å². The predicted octanol–water partition coefficient (Wildman–Crippen LogP) is 7.01. The zero-order valence-electron chi connectivity index (χ0n) is 21.0. The summed E-state index contributed by atoms with van der Waals surface area (Å²) < 4.78 is 5.60. The molecule has 7 heteroatoms. The van der Waals surface area contributed by atoms with Gasteiger partial charge in [0.05, 0.1) is 22.0 Å². The molecule has 2 aromatic heterocycles. The van der Waals surface area contributed by atoms with Crippen LogP contribution in [0.5, 0.6) is 0 Å². The van der Waals surface area contributed by atoms with Crippen LogP contribution in [0.1, 0.15) is 42.3 Å². The molecule has 0 N–H and O–H groups in total. The van der Waals surface area contributed by atoms with Crippen LogP contribution in [0.2, 0.25) is 0 Å². The molecule has 0 saturated heterocycles. The monoisotopic (exact) mass is 527 g/mol. The number of aromatic nitrogens is 2. The fourth-order valence-corrected chi connectivity index (χ4v) is 5.71. The first-order chi connectivity index (χ1) is 18.1. The lowest BCUT2D eigenvalue weighted by molar-refractivity contribution is -0.146. The van der Waals surface area contributed by atoms with Crippen LogP contribution in [0.3, 0.4) is 0 Å². The maximum atomic E-state index is 12.9. The van der Waals surface area contributed by atoms with E-state index in [9.17, 15) is 4.79 Å². The Labute approximate surface area is 226 Å². The molecule has 0 aliphatic heterocycles. The largest absolute Gasteiger partial charge is 0.464 e. The van der Waals surface area contributed by atoms with E-state index in [1.807, 2.05) is 55.5 Å². The number of nitrogens with zero attached hydrogens (tertiary/aromatic N) is 3. The quantitative estimate of drug-likeness (QED) is 0.126. The average Bonchev–Trinajstić information content (AvgIpc) is 3.68. The van der Waals surface area contributed by atoms with Gasteiger partial charge in [0.2, 0.25) is 5.13 Å². The number of carbonyl (C=O) groups is 1. The molecule has 188 valence electrons. The Morgan fingerprint density at radius 2 is 1.73 bits per heavy atom. The summed E-state index contributed by atoms with van der Waals surface area (Å²) in [7, 11) is 0. The van der Waals surface area contributed by atoms with Gasteiger partial charge in [-0.25, -0.2) is 9.98 Å². The number of aryl methyl sites for hydroxylation is 1. The molecule has 2 heterocycles. The second kappa shape index (κ2) is 11.4. The summed E-state index contributed by atoms with van der Waals surface area (Å²) in [5.74, 6) is 1.68. The minimum absolute atomic E-state index is 0.157. The number of thiazole rings is 1. The van der Waals surface area contributed by atoms with Crippen molar-refractivity contribution in [1.29, 1.82) is 0 Å². The number of rotatable bonds is 10. The normalized spacial score (nSPS) is 13.7. The molecular formula is C30H29N3O2S2. The van der Waals surface area contributed by atoms with Crippen molar-refractivity contribution in [2.75, 3.05) is 18.1 Å². The average molecular weight is 528 g/mol. The highest BCUT2D eigenvalue weighted by molar-refractivity contribution is 7.99. The maximum absolute atomic E-state index is 12.9. The fraction of sp³-hybridized carbons (Fsp3) is 0.267. The highest BCUT2D eigenvalue weighted by Crippen LogP contribution is 2.49. The highest BCUT2D eigenvalue weighted by atomic mass is 32.2. The van der Waals surface area contributed by atoms with Gasteiger partial charge in [0, 0.05) is 23.1 Å². The summed E-state index contributed by atoms with van der Waals surface area (Å²) in [6.07, 6.45) is 3.34. The van der Waals surface area contributed by atoms with Crippen molar-refractivity contribution in [2.24, 2.45) is 4.99 Å². The van der Waals surface area contributed by atoms with Crippen LogP contribution in [0, 0.1) is 6.92 Å². The van der Waals surface area contributed by atoms with Gasteiger partial charge in [0.1, 0.15) is 12.0 Å². The number of pyridine rings is 1. The molecule has 0 bridgehead atoms. The zero-order valence-corrected chi connectivity index (χ0v) is 22.6. The van der Waals surface area contributed by atoms with E-state index >= 15 is 0 Å². The van der Waals surface area contributed by atoms with Crippen molar-refractivity contribution in [3.63, 3.8) is 0 Å². The lowest BCUT2D eigenvalue weighted by Gasteiger charge is -2.14. The topological polar surface area (TPSA) is 64.4 Å². The van der Waals surface area contributed by atoms with Crippen molar-refractivity contribution in [3.05, 3.63) is 102 Å². The predicted molar refractivity (Wildman–Crippen MR) is 153 cm³/mol. The van der Waals surface area contributed by atoms with Gasteiger partial charge in [-0.3, -0.25) is 9.78 Å². The molecule has 0 radical (unpaired) electrons. The van der Waals surface area contributed by atoms with Gasteiger partial charge in [-0.2, -0.15) is 11.8 Å².